The Labute approximate surface area is 580 Å². The van der Waals surface area contributed by atoms with Crippen molar-refractivity contribution in [3.05, 3.63) is 153 Å². The Bertz CT molecular complexity index is 4110. The average Bonchev–Trinajstić information content (AvgIpc) is 1.87. The normalized spacial score (nSPS) is 10.7. The zero-order valence-electron chi connectivity index (χ0n) is 51.7. The van der Waals surface area contributed by atoms with Crippen LogP contribution in [0.1, 0.15) is 44.9 Å². The second-order valence-corrected chi connectivity index (χ2v) is 24.6. The zero-order valence-corrected chi connectivity index (χ0v) is 61.2. The number of methoxy groups -OCH3 is 6. The van der Waals surface area contributed by atoms with Gasteiger partial charge in [0.05, 0.1) is 126 Å². The summed E-state index contributed by atoms with van der Waals surface area (Å²) in [6, 6.07) is 27.5. The minimum absolute atomic E-state index is 0. The van der Waals surface area contributed by atoms with Crippen molar-refractivity contribution in [1.29, 1.82) is 0 Å². The number of hydrogen-bond acceptors (Lipinski definition) is 15. The highest BCUT2D eigenvalue weighted by atomic mass is 79.9. The summed E-state index contributed by atoms with van der Waals surface area (Å²) >= 11 is 21.0. The average molecular weight is 1630 g/mol. The number of H-pyrrole nitrogens is 1. The quantitative estimate of drug-likeness (QED) is 0.0683. The molecule has 0 unspecified atom stereocenters. The Hall–Kier alpha value is -6.04. The lowest BCUT2D eigenvalue weighted by Gasteiger charge is -2.17. The van der Waals surface area contributed by atoms with Crippen molar-refractivity contribution in [3.8, 4) is 56.8 Å². The molecular weight excluding hydrogens is 1560 g/mol. The third-order valence-electron chi connectivity index (χ3n) is 14.0. The minimum Gasteiger partial charge on any atom is -0.497 e. The first-order valence-electron chi connectivity index (χ1n) is 27.9. The van der Waals surface area contributed by atoms with Gasteiger partial charge in [-0.25, -0.2) is 0 Å². The summed E-state index contributed by atoms with van der Waals surface area (Å²) in [7, 11) is 13.8. The molecule has 26 heteroatoms. The van der Waals surface area contributed by atoms with Gasteiger partial charge in [-0.2, -0.15) is 20.4 Å². The van der Waals surface area contributed by atoms with Crippen LogP contribution in [0.4, 0.5) is 0 Å². The Morgan fingerprint density at radius 2 is 0.747 bits per heavy atom. The van der Waals surface area contributed by atoms with Gasteiger partial charge >= 0.3 is 7.12 Å². The van der Waals surface area contributed by atoms with Crippen LogP contribution in [0, 0.1) is 0 Å². The fourth-order valence-corrected chi connectivity index (χ4v) is 12.6. The standard InChI is InChI=1S/2C19H21BrN2O3.C11H17BO5.C8H6Br2N2.C7H4Br2N2.CH4/c1-5-25-11-12-8-16(23-3)18(17(9-12)24-4)13-6-7-15(20)14-10-21-22(2)19(13)14;1-5-25-11-12-8-16(23-3)18(17(9-12)24-4)13-6-7-15(20)19-14(13)10-21-22(19)2;1-4-17-7-8-5-9(15-2)11(12(13)14)10(6-8)16-3;1-12-8-5(4-11-12)6(9)2-3-7(8)10;8-5-1-2-6(9)7-4(5)3-10-11-7;/h2*6-10H,5,11H2,1-4H3;5-6,13-14H,4,7H2,1-3H3;2-4H,1H3;1-3H,(H,10,11);1H4. The summed E-state index contributed by atoms with van der Waals surface area (Å²) in [4.78, 5) is 0. The van der Waals surface area contributed by atoms with E-state index in [1.165, 1.54) is 14.2 Å². The van der Waals surface area contributed by atoms with Gasteiger partial charge in [0.15, 0.2) is 0 Å². The molecule has 4 heterocycles. The second kappa shape index (κ2) is 35.3. The van der Waals surface area contributed by atoms with Crippen LogP contribution in [0.5, 0.6) is 34.5 Å². The van der Waals surface area contributed by atoms with Crippen molar-refractivity contribution in [1.82, 2.24) is 39.5 Å². The first-order valence-corrected chi connectivity index (χ1v) is 32.7. The monoisotopic (exact) mass is 1630 g/mol. The van der Waals surface area contributed by atoms with Crippen molar-refractivity contribution in [2.24, 2.45) is 21.1 Å². The molecule has 0 radical (unpaired) electrons. The SMILES string of the molecule is Brc1ccc(Br)c2[nH]ncc12.C.CCOCc1cc(OC)c(-c2ccc(Br)c3c2cnn3C)c(OC)c1.CCOCc1cc(OC)c(-c2ccc(Br)c3cnn(C)c23)c(OC)c1.CCOCc1cc(OC)c(B(O)O)c(OC)c1.Cn1ncc2c(Br)ccc(Br)c21. The summed E-state index contributed by atoms with van der Waals surface area (Å²) in [5, 5.41) is 42.7. The first kappa shape index (κ1) is 74.0. The lowest BCUT2D eigenvalue weighted by molar-refractivity contribution is 0.133. The third kappa shape index (κ3) is 17.6. The number of rotatable bonds is 18. The van der Waals surface area contributed by atoms with Crippen LogP contribution in [0.15, 0.2) is 137 Å². The number of nitrogens with zero attached hydrogens (tertiary/aromatic N) is 7. The highest BCUT2D eigenvalue weighted by molar-refractivity contribution is 9.11. The number of aromatic nitrogens is 8. The molecule has 0 saturated carbocycles. The predicted molar refractivity (Wildman–Crippen MR) is 384 cm³/mol. The lowest BCUT2D eigenvalue weighted by atomic mass is 9.78. The van der Waals surface area contributed by atoms with Crippen LogP contribution >= 0.6 is 95.6 Å². The van der Waals surface area contributed by atoms with Crippen LogP contribution in [0.3, 0.4) is 0 Å². The zero-order chi connectivity index (χ0) is 65.3. The lowest BCUT2D eigenvalue weighted by Crippen LogP contribution is -2.32. The Morgan fingerprint density at radius 3 is 1.15 bits per heavy atom. The maximum Gasteiger partial charge on any atom is 0.496 e. The van der Waals surface area contributed by atoms with Crippen molar-refractivity contribution in [2.75, 3.05) is 62.5 Å². The molecule has 91 heavy (non-hydrogen) atoms. The predicted octanol–water partition coefficient (Wildman–Crippen LogP) is 15.9. The van der Waals surface area contributed by atoms with Crippen molar-refractivity contribution in [3.63, 3.8) is 0 Å². The molecule has 0 amide bonds. The van der Waals surface area contributed by atoms with E-state index in [9.17, 15) is 10.0 Å². The molecule has 0 saturated heterocycles. The fourth-order valence-electron chi connectivity index (χ4n) is 9.72. The van der Waals surface area contributed by atoms with Gasteiger partial charge < -0.3 is 52.7 Å². The molecule has 0 bridgehead atoms. The van der Waals surface area contributed by atoms with Gasteiger partial charge in [0.2, 0.25) is 0 Å². The molecule has 0 atom stereocenters. The maximum atomic E-state index is 9.28. The van der Waals surface area contributed by atoms with Gasteiger partial charge in [-0.3, -0.25) is 19.1 Å². The van der Waals surface area contributed by atoms with Gasteiger partial charge in [0, 0.05) is 100 Å². The van der Waals surface area contributed by atoms with Gasteiger partial charge in [0.1, 0.15) is 34.5 Å². The topological polar surface area (TPSA) is 206 Å². The maximum absolute atomic E-state index is 9.28. The molecular formula is C65H73BBr6N8O11. The Morgan fingerprint density at radius 1 is 0.418 bits per heavy atom. The number of benzene rings is 7. The molecule has 0 fully saturated rings. The number of nitrogens with one attached hydrogen (secondary N) is 1. The molecule has 11 rings (SSSR count). The molecule has 11 aromatic rings. The Balaban J connectivity index is 0.000000187. The van der Waals surface area contributed by atoms with Crippen LogP contribution in [-0.4, -0.2) is 119 Å². The van der Waals surface area contributed by atoms with E-state index in [1.807, 2.05) is 135 Å². The van der Waals surface area contributed by atoms with E-state index in [4.69, 9.17) is 42.6 Å². The molecule has 19 nitrogen and oxygen atoms in total. The van der Waals surface area contributed by atoms with E-state index >= 15 is 0 Å². The summed E-state index contributed by atoms with van der Waals surface area (Å²) in [6.07, 6.45) is 7.36. The molecule has 484 valence electrons. The van der Waals surface area contributed by atoms with Crippen LogP contribution < -0.4 is 33.9 Å². The van der Waals surface area contributed by atoms with Crippen molar-refractivity contribution >= 4 is 152 Å². The largest absolute Gasteiger partial charge is 0.497 e. The molecule has 0 aliphatic rings. The number of aryl methyl sites for hydroxylation is 3. The van der Waals surface area contributed by atoms with E-state index in [0.717, 1.165) is 132 Å². The molecule has 7 aromatic carbocycles. The number of hydrogen-bond donors (Lipinski definition) is 3. The van der Waals surface area contributed by atoms with E-state index in [0.29, 0.717) is 51.1 Å². The van der Waals surface area contributed by atoms with Gasteiger partial charge in [-0.15, -0.1) is 0 Å². The van der Waals surface area contributed by atoms with Gasteiger partial charge in [0.25, 0.3) is 0 Å². The molecule has 4 aromatic heterocycles. The number of aromatic amines is 1. The Kier molecular flexibility index (Phi) is 28.7. The van der Waals surface area contributed by atoms with E-state index in [1.54, 1.807) is 46.8 Å². The first-order chi connectivity index (χ1) is 43.3. The molecule has 0 aliphatic carbocycles. The highest BCUT2D eigenvalue weighted by Gasteiger charge is 2.25. The molecule has 0 aliphatic heterocycles. The fraction of sp³-hybridized carbons (Fsp3) is 0.292. The van der Waals surface area contributed by atoms with Crippen LogP contribution in [0.25, 0.3) is 65.9 Å². The summed E-state index contributed by atoms with van der Waals surface area (Å²) in [5.74, 6) is 3.74. The van der Waals surface area contributed by atoms with Crippen LogP contribution in [-0.2, 0) is 55.2 Å². The smallest absolute Gasteiger partial charge is 0.496 e. The van der Waals surface area contributed by atoms with Gasteiger partial charge in [-0.1, -0.05) is 67.3 Å². The molecule has 3 N–H and O–H groups in total. The number of fused-ring (bicyclic) bond motifs is 4. The number of halogens is 6. The van der Waals surface area contributed by atoms with E-state index in [-0.39, 0.29) is 12.9 Å². The summed E-state index contributed by atoms with van der Waals surface area (Å²) in [5.41, 5.74) is 11.1. The summed E-state index contributed by atoms with van der Waals surface area (Å²) in [6.45, 7) is 9.25. The van der Waals surface area contributed by atoms with E-state index in [2.05, 4.69) is 133 Å². The third-order valence-corrected chi connectivity index (χ3v) is 18.0. The summed E-state index contributed by atoms with van der Waals surface area (Å²) < 4.78 is 61.1. The van der Waals surface area contributed by atoms with Crippen molar-refractivity contribution < 1.29 is 52.7 Å². The highest BCUT2D eigenvalue weighted by Crippen LogP contribution is 2.46. The molecule has 0 spiro atoms. The number of ether oxygens (including phenoxy) is 9. The second-order valence-electron chi connectivity index (χ2n) is 19.4. The van der Waals surface area contributed by atoms with Gasteiger partial charge in [-0.05, 0) is 158 Å². The van der Waals surface area contributed by atoms with Crippen molar-refractivity contribution in [2.45, 2.75) is 48.0 Å². The van der Waals surface area contributed by atoms with Crippen LogP contribution in [0.2, 0.25) is 0 Å². The minimum atomic E-state index is -1.64. The van der Waals surface area contributed by atoms with E-state index < -0.39 is 7.12 Å².